The van der Waals surface area contributed by atoms with Gasteiger partial charge >= 0.3 is 12.1 Å². The average Bonchev–Trinajstić information content (AvgIpc) is 3.28. The number of halogens is 3. The molecule has 0 fully saturated rings. The molecule has 1 aromatic carbocycles. The summed E-state index contributed by atoms with van der Waals surface area (Å²) in [6, 6.07) is 6.08. The first-order valence-electron chi connectivity index (χ1n) is 9.43. The van der Waals surface area contributed by atoms with Gasteiger partial charge in [0, 0.05) is 23.7 Å². The molecule has 0 saturated heterocycles. The lowest BCUT2D eigenvalue weighted by atomic mass is 10.1. The second-order valence-corrected chi connectivity index (χ2v) is 6.23. The van der Waals surface area contributed by atoms with Gasteiger partial charge in [-0.3, -0.25) is 4.79 Å². The molecule has 32 heavy (non-hydrogen) atoms. The van der Waals surface area contributed by atoms with Crippen LogP contribution in [0, 0.1) is 11.8 Å². The Bertz CT molecular complexity index is 1120. The first kappa shape index (κ1) is 22.8. The molecule has 0 spiro atoms. The van der Waals surface area contributed by atoms with Gasteiger partial charge in [-0.05, 0) is 31.2 Å². The van der Waals surface area contributed by atoms with Crippen LogP contribution in [0.4, 0.5) is 18.9 Å². The van der Waals surface area contributed by atoms with Crippen LogP contribution in [0.5, 0.6) is 5.75 Å². The summed E-state index contributed by atoms with van der Waals surface area (Å²) in [7, 11) is 0. The van der Waals surface area contributed by atoms with E-state index in [4.69, 9.17) is 9.47 Å². The summed E-state index contributed by atoms with van der Waals surface area (Å²) in [6.07, 6.45) is -1.01. The van der Waals surface area contributed by atoms with Crippen LogP contribution in [0.2, 0.25) is 0 Å². The zero-order valence-corrected chi connectivity index (χ0v) is 16.9. The van der Waals surface area contributed by atoms with Crippen molar-refractivity contribution in [2.45, 2.75) is 13.1 Å². The predicted octanol–water partition coefficient (Wildman–Crippen LogP) is 3.29. The fourth-order valence-corrected chi connectivity index (χ4v) is 2.51. The quantitative estimate of drug-likeness (QED) is 0.428. The number of carbonyl (C=O) groups is 1. The third-order valence-corrected chi connectivity index (χ3v) is 3.98. The molecule has 0 saturated carbocycles. The Morgan fingerprint density at radius 3 is 2.72 bits per heavy atom. The van der Waals surface area contributed by atoms with E-state index in [0.29, 0.717) is 36.3 Å². The first-order chi connectivity index (χ1) is 15.4. The molecule has 8 nitrogen and oxygen atoms in total. The maximum Gasteiger partial charge on any atom is 0.432 e. The van der Waals surface area contributed by atoms with Gasteiger partial charge in [0.25, 0.3) is 0 Å². The van der Waals surface area contributed by atoms with Gasteiger partial charge in [0.2, 0.25) is 0 Å². The summed E-state index contributed by atoms with van der Waals surface area (Å²) < 4.78 is 49.5. The van der Waals surface area contributed by atoms with E-state index in [1.807, 2.05) is 6.92 Å². The smallest absolute Gasteiger partial charge is 0.432 e. The van der Waals surface area contributed by atoms with Crippen LogP contribution in [0.1, 0.15) is 18.2 Å². The highest BCUT2D eigenvalue weighted by Gasteiger charge is 2.33. The number of benzene rings is 1. The number of aromatic amines is 1. The molecule has 3 rings (SSSR count). The number of carbonyl (C=O) groups excluding carboxylic acids is 1. The number of hydrogen-bond acceptors (Lipinski definition) is 6. The molecule has 2 aromatic heterocycles. The summed E-state index contributed by atoms with van der Waals surface area (Å²) >= 11 is 0. The maximum absolute atomic E-state index is 12.9. The number of alkyl halides is 3. The number of rotatable bonds is 7. The molecule has 2 N–H and O–H groups in total. The number of hydrogen-bond donors (Lipinski definition) is 2. The highest BCUT2D eigenvalue weighted by molar-refractivity contribution is 6.05. The normalized spacial score (nSPS) is 10.9. The van der Waals surface area contributed by atoms with E-state index < -0.39 is 17.8 Å². The van der Waals surface area contributed by atoms with Crippen molar-refractivity contribution in [2.24, 2.45) is 0 Å². The van der Waals surface area contributed by atoms with Crippen molar-refractivity contribution in [1.82, 2.24) is 20.2 Å². The zero-order chi connectivity index (χ0) is 23.0. The van der Waals surface area contributed by atoms with Gasteiger partial charge in [0.05, 0.1) is 30.9 Å². The van der Waals surface area contributed by atoms with E-state index in [-0.39, 0.29) is 18.1 Å². The Morgan fingerprint density at radius 1 is 1.19 bits per heavy atom. The third-order valence-electron chi connectivity index (χ3n) is 3.98. The summed E-state index contributed by atoms with van der Waals surface area (Å²) in [5, 5.41) is 9.88. The molecule has 0 aliphatic carbocycles. The standard InChI is InChI=1S/C21H18F3N5O3/c1-2-31-9-10-32-17-5-4-15(20-25-13-18(29-20)21(22,23)24)11-16(17)28-19(30)6-3-14-7-8-26-27-12-14/h4-5,7-8,11-13H,2,9-10H2,1H3,(H,25,29)(H,28,30). The molecule has 0 aliphatic rings. The SMILES string of the molecule is CCOCCOc1ccc(-c2ncc(C(F)(F)F)[nH]2)cc1NC(=O)C#Cc1ccnnc1. The maximum atomic E-state index is 12.9. The molecular formula is C21H18F3N5O3. The Balaban J connectivity index is 1.84. The molecule has 11 heteroatoms. The van der Waals surface area contributed by atoms with Crippen LogP contribution in [-0.4, -0.2) is 45.9 Å². The van der Waals surface area contributed by atoms with Gasteiger partial charge in [-0.15, -0.1) is 0 Å². The van der Waals surface area contributed by atoms with Crippen molar-refractivity contribution in [3.63, 3.8) is 0 Å². The molecule has 0 bridgehead atoms. The first-order valence-corrected chi connectivity index (χ1v) is 9.43. The summed E-state index contributed by atoms with van der Waals surface area (Å²) in [4.78, 5) is 18.3. The van der Waals surface area contributed by atoms with E-state index >= 15 is 0 Å². The number of aromatic nitrogens is 4. The molecule has 166 valence electrons. The van der Waals surface area contributed by atoms with Crippen LogP contribution in [0.15, 0.2) is 42.9 Å². The molecule has 0 atom stereocenters. The Hall–Kier alpha value is -3.91. The summed E-state index contributed by atoms with van der Waals surface area (Å²) in [6.45, 7) is 2.90. The summed E-state index contributed by atoms with van der Waals surface area (Å²) in [5.41, 5.74) is 0.0506. The molecule has 0 aliphatic heterocycles. The molecule has 0 unspecified atom stereocenters. The molecule has 2 heterocycles. The molecule has 0 radical (unpaired) electrons. The van der Waals surface area contributed by atoms with Gasteiger partial charge in [0.1, 0.15) is 23.9 Å². The predicted molar refractivity (Wildman–Crippen MR) is 109 cm³/mol. The van der Waals surface area contributed by atoms with Crippen LogP contribution < -0.4 is 10.1 Å². The zero-order valence-electron chi connectivity index (χ0n) is 16.9. The number of nitrogens with one attached hydrogen (secondary N) is 2. The topological polar surface area (TPSA) is 102 Å². The van der Waals surface area contributed by atoms with Crippen LogP contribution in [0.25, 0.3) is 11.4 Å². The van der Waals surface area contributed by atoms with Crippen molar-refractivity contribution in [3.05, 3.63) is 54.1 Å². The van der Waals surface area contributed by atoms with E-state index in [2.05, 4.69) is 37.3 Å². The van der Waals surface area contributed by atoms with E-state index in [1.54, 1.807) is 6.07 Å². The van der Waals surface area contributed by atoms with Crippen molar-refractivity contribution >= 4 is 11.6 Å². The van der Waals surface area contributed by atoms with Crippen LogP contribution in [-0.2, 0) is 15.7 Å². The Morgan fingerprint density at radius 2 is 2.03 bits per heavy atom. The fourth-order valence-electron chi connectivity index (χ4n) is 2.51. The minimum Gasteiger partial charge on any atom is -0.489 e. The van der Waals surface area contributed by atoms with Crippen molar-refractivity contribution in [2.75, 3.05) is 25.1 Å². The largest absolute Gasteiger partial charge is 0.489 e. The second-order valence-electron chi connectivity index (χ2n) is 6.23. The summed E-state index contributed by atoms with van der Waals surface area (Å²) in [5.74, 6) is 4.70. The number of H-pyrrole nitrogens is 1. The van der Waals surface area contributed by atoms with Crippen LogP contribution in [0.3, 0.4) is 0 Å². The Labute approximate surface area is 181 Å². The minimum atomic E-state index is -4.55. The lowest BCUT2D eigenvalue weighted by molar-refractivity contribution is -0.140. The number of anilines is 1. The molecule has 1 amide bonds. The van der Waals surface area contributed by atoms with Gasteiger partial charge in [-0.25, -0.2) is 4.98 Å². The van der Waals surface area contributed by atoms with E-state index in [1.165, 1.54) is 30.6 Å². The number of amides is 1. The lowest BCUT2D eigenvalue weighted by Gasteiger charge is -2.13. The second kappa shape index (κ2) is 10.4. The van der Waals surface area contributed by atoms with Crippen molar-refractivity contribution in [3.8, 4) is 29.0 Å². The van der Waals surface area contributed by atoms with Gasteiger partial charge in [-0.2, -0.15) is 23.4 Å². The lowest BCUT2D eigenvalue weighted by Crippen LogP contribution is -2.12. The molecular weight excluding hydrogens is 427 g/mol. The fraction of sp³-hybridized carbons (Fsp3) is 0.238. The van der Waals surface area contributed by atoms with Gasteiger partial charge in [-0.1, -0.05) is 5.92 Å². The Kier molecular flexibility index (Phi) is 7.41. The number of ether oxygens (including phenoxy) is 2. The highest BCUT2D eigenvalue weighted by Crippen LogP contribution is 2.32. The van der Waals surface area contributed by atoms with E-state index in [0.717, 1.165) is 0 Å². The highest BCUT2D eigenvalue weighted by atomic mass is 19.4. The van der Waals surface area contributed by atoms with Crippen LogP contribution >= 0.6 is 0 Å². The number of nitrogens with zero attached hydrogens (tertiary/aromatic N) is 3. The molecule has 3 aromatic rings. The van der Waals surface area contributed by atoms with Crippen molar-refractivity contribution < 1.29 is 27.4 Å². The number of imidazole rings is 1. The van der Waals surface area contributed by atoms with Crippen molar-refractivity contribution in [1.29, 1.82) is 0 Å². The van der Waals surface area contributed by atoms with Gasteiger partial charge < -0.3 is 19.8 Å². The van der Waals surface area contributed by atoms with E-state index in [9.17, 15) is 18.0 Å². The average molecular weight is 445 g/mol. The van der Waals surface area contributed by atoms with Gasteiger partial charge in [0.15, 0.2) is 0 Å². The third kappa shape index (κ3) is 6.29. The monoisotopic (exact) mass is 445 g/mol. The minimum absolute atomic E-state index is 0.0114.